The fourth-order valence-electron chi connectivity index (χ4n) is 2.50. The number of halogens is 1. The number of nitrogens with one attached hydrogen (secondary N) is 1. The monoisotopic (exact) mass is 406 g/mol. The third-order valence-corrected chi connectivity index (χ3v) is 4.25. The minimum absolute atomic E-state index is 0.109. The van der Waals surface area contributed by atoms with Crippen molar-refractivity contribution < 1.29 is 12.8 Å². The van der Waals surface area contributed by atoms with E-state index in [1.54, 1.807) is 16.8 Å². The van der Waals surface area contributed by atoms with Crippen LogP contribution in [0.4, 0.5) is 15.8 Å². The molecule has 1 aromatic carbocycles. The van der Waals surface area contributed by atoms with Gasteiger partial charge < -0.3 is 10.3 Å². The number of aliphatic imine (C=N–C) groups is 1. The van der Waals surface area contributed by atoms with E-state index >= 15 is 0 Å². The van der Waals surface area contributed by atoms with Gasteiger partial charge in [0.2, 0.25) is 10.0 Å². The number of hydrogen-bond donors (Lipinski definition) is 2. The maximum absolute atomic E-state index is 14.4. The minimum Gasteiger partial charge on any atom is -0.404 e. The van der Waals surface area contributed by atoms with Gasteiger partial charge in [-0.25, -0.2) is 12.8 Å². The van der Waals surface area contributed by atoms with Gasteiger partial charge in [0.05, 0.1) is 17.6 Å². The smallest absolute Gasteiger partial charge is 0.250 e. The summed E-state index contributed by atoms with van der Waals surface area (Å²) < 4.78 is 40.7. The van der Waals surface area contributed by atoms with Crippen LogP contribution in [-0.4, -0.2) is 25.5 Å². The Morgan fingerprint density at radius 3 is 2.61 bits per heavy atom. The molecule has 3 N–H and O–H groups in total. The van der Waals surface area contributed by atoms with Gasteiger partial charge in [-0.2, -0.15) is 0 Å². The van der Waals surface area contributed by atoms with Crippen molar-refractivity contribution in [3.63, 3.8) is 0 Å². The summed E-state index contributed by atoms with van der Waals surface area (Å²) in [5, 5.41) is 0. The third kappa shape index (κ3) is 6.05. The molecule has 0 spiro atoms. The van der Waals surface area contributed by atoms with E-state index in [4.69, 9.17) is 5.73 Å². The Morgan fingerprint density at radius 2 is 2.04 bits per heavy atom. The highest BCUT2D eigenvalue weighted by atomic mass is 32.2. The van der Waals surface area contributed by atoms with Gasteiger partial charge in [0.15, 0.2) is 0 Å². The van der Waals surface area contributed by atoms with Gasteiger partial charge >= 0.3 is 0 Å². The molecule has 0 saturated heterocycles. The molecule has 7 nitrogen and oxygen atoms in total. The zero-order valence-electron chi connectivity index (χ0n) is 15.9. The number of nitrogens with zero attached hydrogens (tertiary/aromatic N) is 2. The first-order valence-electron chi connectivity index (χ1n) is 8.53. The summed E-state index contributed by atoms with van der Waals surface area (Å²) in [6.45, 7) is 4.57. The Labute approximate surface area is 163 Å². The van der Waals surface area contributed by atoms with Gasteiger partial charge in [0, 0.05) is 42.4 Å². The van der Waals surface area contributed by atoms with Crippen LogP contribution >= 0.6 is 0 Å². The number of nitrogens with two attached hydrogens (primary N) is 1. The lowest BCUT2D eigenvalue weighted by Crippen LogP contribution is -2.20. The van der Waals surface area contributed by atoms with Crippen LogP contribution in [0.1, 0.15) is 19.4 Å². The molecule has 2 rings (SSSR count). The van der Waals surface area contributed by atoms with Crippen LogP contribution in [0, 0.1) is 11.7 Å². The lowest BCUT2D eigenvalue weighted by molar-refractivity contribution is 0.511. The van der Waals surface area contributed by atoms with Crippen LogP contribution in [0.3, 0.4) is 0 Å². The average Bonchev–Trinajstić information content (AvgIpc) is 2.57. The molecule has 0 aliphatic carbocycles. The molecule has 0 radical (unpaired) electrons. The first kappa shape index (κ1) is 21.4. The number of pyridine rings is 1. The zero-order chi connectivity index (χ0) is 20.9. The maximum atomic E-state index is 14.4. The summed E-state index contributed by atoms with van der Waals surface area (Å²) in [6, 6.07) is 6.90. The van der Waals surface area contributed by atoms with E-state index < -0.39 is 15.8 Å². The van der Waals surface area contributed by atoms with Gasteiger partial charge in [-0.1, -0.05) is 13.8 Å². The van der Waals surface area contributed by atoms with Crippen molar-refractivity contribution in [1.29, 1.82) is 0 Å². The normalized spacial score (nSPS) is 12.7. The summed E-state index contributed by atoms with van der Waals surface area (Å²) >= 11 is 0. The number of rotatable bonds is 7. The fourth-order valence-corrected chi connectivity index (χ4v) is 3.06. The summed E-state index contributed by atoms with van der Waals surface area (Å²) in [5.41, 5.74) is 6.60. The van der Waals surface area contributed by atoms with Crippen molar-refractivity contribution in [2.75, 3.05) is 11.0 Å². The van der Waals surface area contributed by atoms with E-state index in [1.807, 2.05) is 13.8 Å². The van der Waals surface area contributed by atoms with Crippen molar-refractivity contribution in [1.82, 2.24) is 4.57 Å². The lowest BCUT2D eigenvalue weighted by atomic mass is 10.1. The molecule has 0 atom stereocenters. The van der Waals surface area contributed by atoms with Gasteiger partial charge in [0.25, 0.3) is 5.56 Å². The predicted molar refractivity (Wildman–Crippen MR) is 111 cm³/mol. The molecule has 9 heteroatoms. The number of benzene rings is 1. The Hall–Kier alpha value is -2.94. The van der Waals surface area contributed by atoms with E-state index in [-0.39, 0.29) is 16.8 Å². The Bertz CT molecular complexity index is 1070. The first-order chi connectivity index (χ1) is 13.1. The number of aromatic nitrogens is 1. The van der Waals surface area contributed by atoms with Gasteiger partial charge in [0.1, 0.15) is 5.82 Å². The van der Waals surface area contributed by atoms with Crippen molar-refractivity contribution >= 4 is 33.2 Å². The highest BCUT2D eigenvalue weighted by molar-refractivity contribution is 7.92. The summed E-state index contributed by atoms with van der Waals surface area (Å²) in [6.07, 6.45) is 5.20. The first-order valence-corrected chi connectivity index (χ1v) is 10.4. The zero-order valence-corrected chi connectivity index (χ0v) is 16.7. The Kier molecular flexibility index (Phi) is 6.74. The topological polar surface area (TPSA) is 107 Å². The molecule has 0 saturated carbocycles. The molecule has 0 unspecified atom stereocenters. The van der Waals surface area contributed by atoms with E-state index in [0.717, 1.165) is 12.3 Å². The summed E-state index contributed by atoms with van der Waals surface area (Å²) in [7, 11) is -3.51. The number of anilines is 1. The number of sulfonamides is 1. The SMILES string of the molecule is CC(C)Cn1cc(N=CC(=CN)c2ccc(NS(C)(=O)=O)cc2F)ccc1=O. The van der Waals surface area contributed by atoms with E-state index in [9.17, 15) is 17.6 Å². The van der Waals surface area contributed by atoms with E-state index in [2.05, 4.69) is 9.71 Å². The highest BCUT2D eigenvalue weighted by Gasteiger charge is 2.10. The largest absolute Gasteiger partial charge is 0.404 e. The highest BCUT2D eigenvalue weighted by Crippen LogP contribution is 2.22. The molecule has 0 fully saturated rings. The molecule has 0 aliphatic heterocycles. The van der Waals surface area contributed by atoms with Crippen LogP contribution in [0.15, 0.2) is 52.5 Å². The average molecular weight is 406 g/mol. The van der Waals surface area contributed by atoms with Crippen LogP contribution < -0.4 is 16.0 Å². The second kappa shape index (κ2) is 8.83. The number of allylic oxidation sites excluding steroid dienone is 1. The van der Waals surface area contributed by atoms with Crippen molar-refractivity contribution in [2.45, 2.75) is 20.4 Å². The summed E-state index contributed by atoms with van der Waals surface area (Å²) in [4.78, 5) is 16.2. The van der Waals surface area contributed by atoms with Crippen molar-refractivity contribution in [3.05, 3.63) is 64.5 Å². The Morgan fingerprint density at radius 1 is 1.32 bits per heavy atom. The second-order valence-electron chi connectivity index (χ2n) is 6.72. The van der Waals surface area contributed by atoms with Crippen molar-refractivity contribution in [2.24, 2.45) is 16.6 Å². The molecule has 1 aromatic heterocycles. The molecule has 150 valence electrons. The van der Waals surface area contributed by atoms with Gasteiger partial charge in [-0.05, 0) is 30.2 Å². The van der Waals surface area contributed by atoms with Crippen LogP contribution in [0.5, 0.6) is 0 Å². The van der Waals surface area contributed by atoms with Gasteiger partial charge in [-0.3, -0.25) is 14.5 Å². The summed E-state index contributed by atoms with van der Waals surface area (Å²) in [5.74, 6) is -0.355. The third-order valence-electron chi connectivity index (χ3n) is 3.65. The molecular weight excluding hydrogens is 383 g/mol. The van der Waals surface area contributed by atoms with E-state index in [0.29, 0.717) is 23.7 Å². The molecule has 0 aliphatic rings. The molecule has 2 aromatic rings. The van der Waals surface area contributed by atoms with Crippen LogP contribution in [-0.2, 0) is 16.6 Å². The second-order valence-corrected chi connectivity index (χ2v) is 8.47. The van der Waals surface area contributed by atoms with E-state index in [1.165, 1.54) is 30.6 Å². The molecule has 0 amide bonds. The minimum atomic E-state index is -3.51. The predicted octanol–water partition coefficient (Wildman–Crippen LogP) is 2.72. The maximum Gasteiger partial charge on any atom is 0.250 e. The van der Waals surface area contributed by atoms with Crippen molar-refractivity contribution in [3.8, 4) is 0 Å². The molecule has 0 bridgehead atoms. The van der Waals surface area contributed by atoms with Crippen LogP contribution in [0.2, 0.25) is 0 Å². The number of hydrogen-bond acceptors (Lipinski definition) is 5. The van der Waals surface area contributed by atoms with Gasteiger partial charge in [-0.15, -0.1) is 0 Å². The standard InChI is InChI=1S/C19H23FN4O3S/c1-13(2)11-24-12-16(5-7-19(24)25)22-10-14(9-21)17-6-4-15(8-18(17)20)23-28(3,26)27/h4-10,12-13,23H,11,21H2,1-3H3. The lowest BCUT2D eigenvalue weighted by Gasteiger charge is -2.09. The molecule has 1 heterocycles. The quantitative estimate of drug-likeness (QED) is 0.690. The Balaban J connectivity index is 2.29. The molecular formula is C19H23FN4O3S. The fraction of sp³-hybridized carbons (Fsp3) is 0.263. The molecule has 28 heavy (non-hydrogen) atoms. The van der Waals surface area contributed by atoms with Crippen LogP contribution in [0.25, 0.3) is 5.57 Å².